The van der Waals surface area contributed by atoms with E-state index < -0.39 is 6.10 Å². The first kappa shape index (κ1) is 66.6. The highest BCUT2D eigenvalue weighted by atomic mass is 16.6. The number of carbonyl (C=O) groups excluding carboxylic acids is 3. The topological polar surface area (TPSA) is 78.9 Å². The molecule has 6 nitrogen and oxygen atoms in total. The standard InChI is InChI=1S/C64H110O6/c1-4-7-10-13-16-19-22-25-28-31-34-36-39-42-45-48-51-54-57-63(66)69-60-61(70-64(67)58-55-52-49-46-43-40-37-33-30-27-24-21-18-15-12-9-6-3)59-68-62(65)56-53-50-47-44-41-38-35-32-29-26-23-20-17-14-11-8-5-2/h9,12,18-19,21-22,26-31,37,40,61H,4-8,10-11,13-17,20,23-25,32-36,38-39,41-60H2,1-3H3/b12-9-,21-18-,22-19-,29-26-,30-27-,31-28-,40-37-. The molecule has 0 aliphatic heterocycles. The molecule has 0 N–H and O–H groups in total. The van der Waals surface area contributed by atoms with Crippen LogP contribution in [0.2, 0.25) is 0 Å². The molecule has 0 aliphatic carbocycles. The summed E-state index contributed by atoms with van der Waals surface area (Å²) in [4.78, 5) is 38.2. The van der Waals surface area contributed by atoms with Crippen LogP contribution in [0, 0.1) is 0 Å². The molecule has 0 amide bonds. The fraction of sp³-hybridized carbons (Fsp3) is 0.734. The minimum atomic E-state index is -0.796. The molecular formula is C64H110O6. The Morgan fingerprint density at radius 3 is 0.900 bits per heavy atom. The van der Waals surface area contributed by atoms with Crippen LogP contribution >= 0.6 is 0 Å². The molecule has 0 bridgehead atoms. The van der Waals surface area contributed by atoms with Gasteiger partial charge in [0, 0.05) is 19.3 Å². The quantitative estimate of drug-likeness (QED) is 0.0261. The maximum atomic E-state index is 12.9. The lowest BCUT2D eigenvalue weighted by Crippen LogP contribution is -2.30. The van der Waals surface area contributed by atoms with Crippen molar-refractivity contribution in [2.75, 3.05) is 13.2 Å². The predicted molar refractivity (Wildman–Crippen MR) is 302 cm³/mol. The summed E-state index contributed by atoms with van der Waals surface area (Å²) in [5, 5.41) is 0. The van der Waals surface area contributed by atoms with Gasteiger partial charge in [0.05, 0.1) is 0 Å². The number of carbonyl (C=O) groups is 3. The van der Waals surface area contributed by atoms with Gasteiger partial charge in [0.15, 0.2) is 6.10 Å². The number of hydrogen-bond acceptors (Lipinski definition) is 6. The van der Waals surface area contributed by atoms with Crippen molar-refractivity contribution in [3.05, 3.63) is 85.1 Å². The Balaban J connectivity index is 4.44. The lowest BCUT2D eigenvalue weighted by atomic mass is 10.1. The Labute approximate surface area is 433 Å². The third-order valence-corrected chi connectivity index (χ3v) is 12.6. The van der Waals surface area contributed by atoms with Gasteiger partial charge in [0.25, 0.3) is 0 Å². The lowest BCUT2D eigenvalue weighted by Gasteiger charge is -2.18. The van der Waals surface area contributed by atoms with Crippen molar-refractivity contribution in [1.29, 1.82) is 0 Å². The van der Waals surface area contributed by atoms with Gasteiger partial charge in [-0.25, -0.2) is 0 Å². The average molecular weight is 976 g/mol. The van der Waals surface area contributed by atoms with Crippen LogP contribution in [0.5, 0.6) is 0 Å². The molecule has 0 fully saturated rings. The Hall–Kier alpha value is -3.41. The molecule has 402 valence electrons. The summed E-state index contributed by atoms with van der Waals surface area (Å²) in [6.07, 6.45) is 75.7. The van der Waals surface area contributed by atoms with Gasteiger partial charge in [-0.05, 0) is 116 Å². The summed E-state index contributed by atoms with van der Waals surface area (Å²) in [5.74, 6) is -0.920. The van der Waals surface area contributed by atoms with E-state index in [1.165, 1.54) is 135 Å². The van der Waals surface area contributed by atoms with E-state index in [-0.39, 0.29) is 31.1 Å². The molecular weight excluding hydrogens is 865 g/mol. The van der Waals surface area contributed by atoms with Gasteiger partial charge in [-0.1, -0.05) is 234 Å². The van der Waals surface area contributed by atoms with Crippen molar-refractivity contribution >= 4 is 17.9 Å². The summed E-state index contributed by atoms with van der Waals surface area (Å²) in [6.45, 7) is 6.49. The van der Waals surface area contributed by atoms with Gasteiger partial charge < -0.3 is 14.2 Å². The zero-order chi connectivity index (χ0) is 50.7. The summed E-state index contributed by atoms with van der Waals surface area (Å²) >= 11 is 0. The second kappa shape index (κ2) is 58.2. The SMILES string of the molecule is CC/C=C\C/C=C\C/C=C\C/C=C\CCCCCCC(=O)OC(COC(=O)CCCCCCCCC/C=C\C/C=C\CCCCCC)COC(=O)CCCCCCCCC/C=C\CCCCCCCC. The van der Waals surface area contributed by atoms with Crippen molar-refractivity contribution in [1.82, 2.24) is 0 Å². The fourth-order valence-corrected chi connectivity index (χ4v) is 8.16. The molecule has 0 spiro atoms. The normalized spacial score (nSPS) is 12.7. The zero-order valence-electron chi connectivity index (χ0n) is 46.0. The van der Waals surface area contributed by atoms with E-state index in [2.05, 4.69) is 106 Å². The highest BCUT2D eigenvalue weighted by Gasteiger charge is 2.19. The Morgan fingerprint density at radius 2 is 0.557 bits per heavy atom. The summed E-state index contributed by atoms with van der Waals surface area (Å²) in [6, 6.07) is 0. The second-order valence-corrected chi connectivity index (χ2v) is 19.5. The molecule has 0 heterocycles. The molecule has 70 heavy (non-hydrogen) atoms. The van der Waals surface area contributed by atoms with E-state index in [0.29, 0.717) is 19.3 Å². The Kier molecular flexibility index (Phi) is 55.3. The number of rotatable bonds is 53. The Morgan fingerprint density at radius 1 is 0.300 bits per heavy atom. The van der Waals surface area contributed by atoms with E-state index in [9.17, 15) is 14.4 Å². The van der Waals surface area contributed by atoms with Crippen molar-refractivity contribution in [3.8, 4) is 0 Å². The molecule has 1 unspecified atom stereocenters. The minimum Gasteiger partial charge on any atom is -0.462 e. The first-order chi connectivity index (χ1) is 34.5. The fourth-order valence-electron chi connectivity index (χ4n) is 8.16. The minimum absolute atomic E-state index is 0.0911. The van der Waals surface area contributed by atoms with Crippen molar-refractivity contribution in [2.45, 2.75) is 290 Å². The Bertz CT molecular complexity index is 1350. The first-order valence-electron chi connectivity index (χ1n) is 29.6. The zero-order valence-corrected chi connectivity index (χ0v) is 46.0. The molecule has 6 heteroatoms. The average Bonchev–Trinajstić information content (AvgIpc) is 3.36. The highest BCUT2D eigenvalue weighted by molar-refractivity contribution is 5.71. The van der Waals surface area contributed by atoms with Gasteiger partial charge in [-0.15, -0.1) is 0 Å². The third-order valence-electron chi connectivity index (χ3n) is 12.6. The van der Waals surface area contributed by atoms with Crippen molar-refractivity contribution in [2.24, 2.45) is 0 Å². The van der Waals surface area contributed by atoms with E-state index in [1.807, 2.05) is 0 Å². The van der Waals surface area contributed by atoms with Crippen LogP contribution in [0.25, 0.3) is 0 Å². The summed E-state index contributed by atoms with van der Waals surface area (Å²) in [7, 11) is 0. The van der Waals surface area contributed by atoms with Gasteiger partial charge in [-0.2, -0.15) is 0 Å². The van der Waals surface area contributed by atoms with Crippen LogP contribution in [0.1, 0.15) is 284 Å². The maximum absolute atomic E-state index is 12.9. The van der Waals surface area contributed by atoms with Gasteiger partial charge in [0.1, 0.15) is 13.2 Å². The number of allylic oxidation sites excluding steroid dienone is 14. The number of hydrogen-bond donors (Lipinski definition) is 0. The summed E-state index contributed by atoms with van der Waals surface area (Å²) in [5.41, 5.74) is 0. The van der Waals surface area contributed by atoms with Crippen LogP contribution in [-0.2, 0) is 28.6 Å². The van der Waals surface area contributed by atoms with Crippen LogP contribution in [0.15, 0.2) is 85.1 Å². The highest BCUT2D eigenvalue weighted by Crippen LogP contribution is 2.15. The molecule has 1 atom stereocenters. The van der Waals surface area contributed by atoms with E-state index in [0.717, 1.165) is 109 Å². The van der Waals surface area contributed by atoms with Gasteiger partial charge in [-0.3, -0.25) is 14.4 Å². The number of ether oxygens (including phenoxy) is 3. The van der Waals surface area contributed by atoms with Crippen molar-refractivity contribution in [3.63, 3.8) is 0 Å². The smallest absolute Gasteiger partial charge is 0.306 e. The predicted octanol–water partition coefficient (Wildman–Crippen LogP) is 19.9. The van der Waals surface area contributed by atoms with E-state index >= 15 is 0 Å². The van der Waals surface area contributed by atoms with Gasteiger partial charge >= 0.3 is 17.9 Å². The molecule has 0 saturated carbocycles. The summed E-state index contributed by atoms with van der Waals surface area (Å²) < 4.78 is 16.9. The molecule has 0 saturated heterocycles. The van der Waals surface area contributed by atoms with E-state index in [4.69, 9.17) is 14.2 Å². The third kappa shape index (κ3) is 55.5. The number of esters is 3. The van der Waals surface area contributed by atoms with Crippen LogP contribution in [-0.4, -0.2) is 37.2 Å². The molecule has 0 aromatic rings. The largest absolute Gasteiger partial charge is 0.462 e. The maximum Gasteiger partial charge on any atom is 0.306 e. The molecule has 0 radical (unpaired) electrons. The monoisotopic (exact) mass is 975 g/mol. The molecule has 0 rings (SSSR count). The number of unbranched alkanes of at least 4 members (excludes halogenated alkanes) is 28. The molecule has 0 aromatic carbocycles. The first-order valence-corrected chi connectivity index (χ1v) is 29.6. The van der Waals surface area contributed by atoms with Crippen LogP contribution < -0.4 is 0 Å². The molecule has 0 aliphatic rings. The van der Waals surface area contributed by atoms with Crippen LogP contribution in [0.3, 0.4) is 0 Å². The second-order valence-electron chi connectivity index (χ2n) is 19.5. The van der Waals surface area contributed by atoms with Gasteiger partial charge in [0.2, 0.25) is 0 Å². The van der Waals surface area contributed by atoms with Crippen LogP contribution in [0.4, 0.5) is 0 Å². The molecule has 0 aromatic heterocycles. The van der Waals surface area contributed by atoms with E-state index in [1.54, 1.807) is 0 Å². The lowest BCUT2D eigenvalue weighted by molar-refractivity contribution is -0.167. The van der Waals surface area contributed by atoms with Crippen molar-refractivity contribution < 1.29 is 28.6 Å².